The van der Waals surface area contributed by atoms with Gasteiger partial charge >= 0.3 is 0 Å². The van der Waals surface area contributed by atoms with Crippen LogP contribution in [-0.2, 0) is 5.41 Å². The maximum absolute atomic E-state index is 4.49. The van der Waals surface area contributed by atoms with Crippen LogP contribution in [0.2, 0.25) is 0 Å². The highest BCUT2D eigenvalue weighted by atomic mass is 32.1. The molecule has 0 spiro atoms. The maximum atomic E-state index is 4.49. The molecule has 7 aromatic rings. The molecule has 1 aliphatic carbocycles. The molecule has 166 valence electrons. The number of thiazole rings is 1. The molecule has 0 unspecified atom stereocenters. The second-order valence-corrected chi connectivity index (χ2v) is 11.0. The zero-order valence-electron chi connectivity index (χ0n) is 19.5. The van der Waals surface area contributed by atoms with Crippen molar-refractivity contribution in [2.75, 3.05) is 0 Å². The quantitative estimate of drug-likeness (QED) is 0.236. The minimum Gasteiger partial charge on any atom is -0.309 e. The van der Waals surface area contributed by atoms with Crippen molar-refractivity contribution in [1.82, 2.24) is 9.55 Å². The number of aromatic nitrogens is 2. The largest absolute Gasteiger partial charge is 0.309 e. The van der Waals surface area contributed by atoms with E-state index in [2.05, 4.69) is 114 Å². The Morgan fingerprint density at radius 2 is 1.49 bits per heavy atom. The van der Waals surface area contributed by atoms with Gasteiger partial charge in [0.05, 0.1) is 26.8 Å². The summed E-state index contributed by atoms with van der Waals surface area (Å²) in [6.07, 6.45) is 0. The molecule has 2 nitrogen and oxygen atoms in total. The van der Waals surface area contributed by atoms with Gasteiger partial charge in [0.1, 0.15) is 0 Å². The van der Waals surface area contributed by atoms with Gasteiger partial charge in [-0.15, -0.1) is 11.3 Å². The van der Waals surface area contributed by atoms with Gasteiger partial charge in [-0.25, -0.2) is 4.98 Å². The molecule has 2 heterocycles. The molecule has 0 aliphatic heterocycles. The second kappa shape index (κ2) is 6.59. The fourth-order valence-electron chi connectivity index (χ4n) is 6.31. The van der Waals surface area contributed by atoms with Crippen molar-refractivity contribution in [2.45, 2.75) is 19.3 Å². The van der Waals surface area contributed by atoms with E-state index in [1.165, 1.54) is 65.2 Å². The predicted molar refractivity (Wildman–Crippen MR) is 149 cm³/mol. The number of fused-ring (bicyclic) bond motifs is 10. The first-order valence-corrected chi connectivity index (χ1v) is 12.9. The Morgan fingerprint density at radius 3 is 2.40 bits per heavy atom. The summed E-state index contributed by atoms with van der Waals surface area (Å²) in [6, 6.07) is 33.6. The third kappa shape index (κ3) is 2.41. The molecule has 0 saturated heterocycles. The Labute approximate surface area is 207 Å². The average Bonchev–Trinajstić information content (AvgIpc) is 3.55. The second-order valence-electron chi connectivity index (χ2n) is 10.1. The Balaban J connectivity index is 1.58. The lowest BCUT2D eigenvalue weighted by Crippen LogP contribution is -2.14. The highest BCUT2D eigenvalue weighted by Gasteiger charge is 2.38. The van der Waals surface area contributed by atoms with Crippen LogP contribution >= 0.6 is 11.3 Å². The van der Waals surface area contributed by atoms with Crippen LogP contribution in [-0.4, -0.2) is 9.55 Å². The molecule has 0 fully saturated rings. The summed E-state index contributed by atoms with van der Waals surface area (Å²) in [5.41, 5.74) is 12.2. The molecule has 0 radical (unpaired) electrons. The van der Waals surface area contributed by atoms with Crippen LogP contribution in [0.4, 0.5) is 0 Å². The number of para-hydroxylation sites is 1. The van der Waals surface area contributed by atoms with E-state index in [1.807, 2.05) is 5.51 Å². The Morgan fingerprint density at radius 1 is 0.714 bits per heavy atom. The first-order valence-electron chi connectivity index (χ1n) is 12.1. The molecule has 8 rings (SSSR count). The summed E-state index contributed by atoms with van der Waals surface area (Å²) in [6.45, 7) is 4.74. The summed E-state index contributed by atoms with van der Waals surface area (Å²) in [4.78, 5) is 4.49. The van der Waals surface area contributed by atoms with Crippen molar-refractivity contribution in [3.05, 3.63) is 108 Å². The van der Waals surface area contributed by atoms with Crippen LogP contribution in [0.1, 0.15) is 25.0 Å². The third-order valence-corrected chi connectivity index (χ3v) is 8.73. The van der Waals surface area contributed by atoms with E-state index in [-0.39, 0.29) is 5.41 Å². The lowest BCUT2D eigenvalue weighted by molar-refractivity contribution is 0.661. The maximum Gasteiger partial charge on any atom is 0.0813 e. The van der Waals surface area contributed by atoms with Gasteiger partial charge < -0.3 is 4.57 Å². The van der Waals surface area contributed by atoms with Crippen molar-refractivity contribution in [3.63, 3.8) is 0 Å². The number of hydrogen-bond acceptors (Lipinski definition) is 2. The predicted octanol–water partition coefficient (Wildman–Crippen LogP) is 8.85. The topological polar surface area (TPSA) is 17.8 Å². The lowest BCUT2D eigenvalue weighted by atomic mass is 9.82. The van der Waals surface area contributed by atoms with Crippen LogP contribution in [0.25, 0.3) is 59.6 Å². The van der Waals surface area contributed by atoms with Gasteiger partial charge in [0.25, 0.3) is 0 Å². The lowest BCUT2D eigenvalue weighted by Gasteiger charge is -2.21. The highest BCUT2D eigenvalue weighted by Crippen LogP contribution is 2.55. The fourth-order valence-corrected chi connectivity index (χ4v) is 7.02. The van der Waals surface area contributed by atoms with Gasteiger partial charge in [-0.2, -0.15) is 0 Å². The van der Waals surface area contributed by atoms with Gasteiger partial charge in [-0.3, -0.25) is 0 Å². The standard InChI is InChI=1S/C32H22N2S/c1-32(2)23-13-11-19-7-3-4-8-21(19)29(23)31-24(32)14-16-27-30(31)22-9-5-6-10-26(22)34(27)20-12-15-25-28(17-20)35-18-33-25/h3-18H,1-2H3. The van der Waals surface area contributed by atoms with Gasteiger partial charge in [0, 0.05) is 21.9 Å². The van der Waals surface area contributed by atoms with E-state index in [4.69, 9.17) is 0 Å². The van der Waals surface area contributed by atoms with E-state index >= 15 is 0 Å². The summed E-state index contributed by atoms with van der Waals surface area (Å²) in [7, 11) is 0. The minimum atomic E-state index is -0.0480. The SMILES string of the molecule is CC1(C)c2ccc3ccccc3c2-c2c1ccc1c2c2ccccc2n1-c1ccc2ncsc2c1. The molecule has 0 N–H and O–H groups in total. The highest BCUT2D eigenvalue weighted by molar-refractivity contribution is 7.16. The molecule has 3 heteroatoms. The Bertz CT molecular complexity index is 1990. The van der Waals surface area contributed by atoms with Crippen molar-refractivity contribution < 1.29 is 0 Å². The first-order chi connectivity index (χ1) is 17.1. The van der Waals surface area contributed by atoms with Crippen LogP contribution < -0.4 is 0 Å². The first kappa shape index (κ1) is 19.4. The van der Waals surface area contributed by atoms with Crippen molar-refractivity contribution >= 4 is 54.1 Å². The van der Waals surface area contributed by atoms with Crippen LogP contribution in [0.15, 0.2) is 96.5 Å². The molecular formula is C32H22N2S. The average molecular weight is 467 g/mol. The summed E-state index contributed by atoms with van der Waals surface area (Å²) in [5.74, 6) is 0. The van der Waals surface area contributed by atoms with Crippen molar-refractivity contribution in [1.29, 1.82) is 0 Å². The van der Waals surface area contributed by atoms with Crippen molar-refractivity contribution in [2.24, 2.45) is 0 Å². The molecule has 2 aromatic heterocycles. The van der Waals surface area contributed by atoms with Crippen molar-refractivity contribution in [3.8, 4) is 16.8 Å². The smallest absolute Gasteiger partial charge is 0.0813 e. The van der Waals surface area contributed by atoms with Crippen LogP contribution in [0.5, 0.6) is 0 Å². The van der Waals surface area contributed by atoms with Crippen LogP contribution in [0, 0.1) is 0 Å². The molecular weight excluding hydrogens is 444 g/mol. The molecule has 35 heavy (non-hydrogen) atoms. The summed E-state index contributed by atoms with van der Waals surface area (Å²) < 4.78 is 3.65. The Hall–Kier alpha value is -3.95. The monoisotopic (exact) mass is 466 g/mol. The van der Waals surface area contributed by atoms with E-state index in [0.717, 1.165) is 5.52 Å². The van der Waals surface area contributed by atoms with E-state index in [0.29, 0.717) is 0 Å². The third-order valence-electron chi connectivity index (χ3n) is 7.94. The molecule has 0 bridgehead atoms. The van der Waals surface area contributed by atoms with Gasteiger partial charge in [0.15, 0.2) is 0 Å². The van der Waals surface area contributed by atoms with E-state index in [1.54, 1.807) is 11.3 Å². The van der Waals surface area contributed by atoms with Gasteiger partial charge in [-0.05, 0) is 63.4 Å². The molecule has 0 atom stereocenters. The number of hydrogen-bond donors (Lipinski definition) is 0. The fraction of sp³-hybridized carbons (Fsp3) is 0.0938. The number of nitrogens with zero attached hydrogens (tertiary/aromatic N) is 2. The van der Waals surface area contributed by atoms with E-state index in [9.17, 15) is 0 Å². The van der Waals surface area contributed by atoms with E-state index < -0.39 is 0 Å². The molecule has 5 aromatic carbocycles. The van der Waals surface area contributed by atoms with Gasteiger partial charge in [-0.1, -0.05) is 74.5 Å². The molecule has 0 amide bonds. The summed E-state index contributed by atoms with van der Waals surface area (Å²) >= 11 is 1.70. The zero-order valence-corrected chi connectivity index (χ0v) is 20.4. The normalized spacial score (nSPS) is 14.2. The number of benzene rings is 5. The minimum absolute atomic E-state index is 0.0480. The summed E-state index contributed by atoms with van der Waals surface area (Å²) in [5, 5.41) is 5.30. The molecule has 1 aliphatic rings. The number of rotatable bonds is 1. The molecule has 0 saturated carbocycles. The zero-order chi connectivity index (χ0) is 23.3. The van der Waals surface area contributed by atoms with Crippen LogP contribution in [0.3, 0.4) is 0 Å². The van der Waals surface area contributed by atoms with Gasteiger partial charge in [0.2, 0.25) is 0 Å². The Kier molecular flexibility index (Phi) is 3.64.